The number of rotatable bonds is 9. The molecule has 0 spiro atoms. The molecule has 0 amide bonds. The Morgan fingerprint density at radius 2 is 1.93 bits per heavy atom. The van der Waals surface area contributed by atoms with Gasteiger partial charge in [0.2, 0.25) is 10.0 Å². The number of aromatic nitrogens is 1. The molecule has 0 unspecified atom stereocenters. The van der Waals surface area contributed by atoms with Crippen LogP contribution in [0.2, 0.25) is 0 Å². The highest BCUT2D eigenvalue weighted by Gasteiger charge is 2.13. The third-order valence-corrected chi connectivity index (χ3v) is 5.30. The van der Waals surface area contributed by atoms with Gasteiger partial charge in [-0.3, -0.25) is 4.99 Å². The fourth-order valence-corrected chi connectivity index (χ4v) is 3.52. The van der Waals surface area contributed by atoms with Gasteiger partial charge in [-0.25, -0.2) is 13.1 Å². The van der Waals surface area contributed by atoms with Crippen molar-refractivity contribution in [2.45, 2.75) is 18.0 Å². The van der Waals surface area contributed by atoms with Gasteiger partial charge in [0.15, 0.2) is 5.96 Å². The Hall–Kier alpha value is -2.36. The molecular weight excluding hydrogens is 366 g/mol. The zero-order valence-corrected chi connectivity index (χ0v) is 16.7. The van der Waals surface area contributed by atoms with Crippen molar-refractivity contribution in [3.63, 3.8) is 0 Å². The van der Waals surface area contributed by atoms with Crippen LogP contribution in [0.25, 0.3) is 0 Å². The molecule has 0 radical (unpaired) electrons. The minimum Gasteiger partial charge on any atom is -0.383 e. The van der Waals surface area contributed by atoms with E-state index in [1.807, 2.05) is 36.1 Å². The molecule has 27 heavy (non-hydrogen) atoms. The SMILES string of the molecule is CN=C(NCc1cccc(S(=O)(=O)NCCOC)c1)NCc1ccn(C)c1. The first kappa shape index (κ1) is 20.9. The van der Waals surface area contributed by atoms with Gasteiger partial charge >= 0.3 is 0 Å². The Labute approximate surface area is 160 Å². The first-order valence-electron chi connectivity index (χ1n) is 8.57. The standard InChI is InChI=1S/C18H27N5O3S/c1-19-18(21-13-16-7-9-23(2)14-16)20-12-15-5-4-6-17(11-15)27(24,25)22-8-10-26-3/h4-7,9,11,14,22H,8,10,12-13H2,1-3H3,(H2,19,20,21). The van der Waals surface area contributed by atoms with Gasteiger partial charge in [0.1, 0.15) is 0 Å². The first-order valence-corrected chi connectivity index (χ1v) is 10.1. The monoisotopic (exact) mass is 393 g/mol. The molecule has 1 heterocycles. The maximum absolute atomic E-state index is 12.3. The summed E-state index contributed by atoms with van der Waals surface area (Å²) in [5.74, 6) is 0.644. The zero-order chi connectivity index (χ0) is 19.7. The molecule has 9 heteroatoms. The number of nitrogens with zero attached hydrogens (tertiary/aromatic N) is 2. The average molecular weight is 394 g/mol. The van der Waals surface area contributed by atoms with Crippen molar-refractivity contribution in [1.82, 2.24) is 19.9 Å². The van der Waals surface area contributed by atoms with Gasteiger partial charge in [0.25, 0.3) is 0 Å². The van der Waals surface area contributed by atoms with E-state index in [4.69, 9.17) is 4.74 Å². The second-order valence-electron chi connectivity index (χ2n) is 6.00. The zero-order valence-electron chi connectivity index (χ0n) is 15.9. The molecule has 0 saturated carbocycles. The fourth-order valence-electron chi connectivity index (χ4n) is 2.44. The number of nitrogens with one attached hydrogen (secondary N) is 3. The lowest BCUT2D eigenvalue weighted by Crippen LogP contribution is -2.36. The minimum absolute atomic E-state index is 0.227. The van der Waals surface area contributed by atoms with E-state index in [2.05, 4.69) is 20.3 Å². The van der Waals surface area contributed by atoms with Crippen LogP contribution in [0.3, 0.4) is 0 Å². The molecular formula is C18H27N5O3S. The largest absolute Gasteiger partial charge is 0.383 e. The topological polar surface area (TPSA) is 96.8 Å². The summed E-state index contributed by atoms with van der Waals surface area (Å²) in [5.41, 5.74) is 1.99. The lowest BCUT2D eigenvalue weighted by Gasteiger charge is -2.12. The van der Waals surface area contributed by atoms with Gasteiger partial charge in [-0.15, -0.1) is 0 Å². The van der Waals surface area contributed by atoms with Crippen LogP contribution in [0.5, 0.6) is 0 Å². The molecule has 0 atom stereocenters. The number of sulfonamides is 1. The van der Waals surface area contributed by atoms with Gasteiger partial charge in [-0.2, -0.15) is 0 Å². The summed E-state index contributed by atoms with van der Waals surface area (Å²) in [6, 6.07) is 8.84. The van der Waals surface area contributed by atoms with Gasteiger partial charge < -0.3 is 19.9 Å². The van der Waals surface area contributed by atoms with Crippen LogP contribution in [-0.4, -0.2) is 46.3 Å². The molecule has 2 rings (SSSR count). The second-order valence-corrected chi connectivity index (χ2v) is 7.77. The van der Waals surface area contributed by atoms with Crippen LogP contribution in [0.4, 0.5) is 0 Å². The highest BCUT2D eigenvalue weighted by Crippen LogP contribution is 2.11. The van der Waals surface area contributed by atoms with Crippen LogP contribution < -0.4 is 15.4 Å². The van der Waals surface area contributed by atoms with Crippen molar-refractivity contribution in [1.29, 1.82) is 0 Å². The van der Waals surface area contributed by atoms with E-state index < -0.39 is 10.0 Å². The average Bonchev–Trinajstić information content (AvgIpc) is 3.07. The van der Waals surface area contributed by atoms with E-state index in [1.54, 1.807) is 25.2 Å². The van der Waals surface area contributed by atoms with Crippen molar-refractivity contribution in [2.75, 3.05) is 27.3 Å². The van der Waals surface area contributed by atoms with Crippen molar-refractivity contribution >= 4 is 16.0 Å². The molecule has 3 N–H and O–H groups in total. The maximum Gasteiger partial charge on any atom is 0.240 e. The molecule has 148 valence electrons. The van der Waals surface area contributed by atoms with E-state index in [-0.39, 0.29) is 11.4 Å². The number of ether oxygens (including phenoxy) is 1. The Bertz CT molecular complexity index is 861. The van der Waals surface area contributed by atoms with Crippen LogP contribution in [0, 0.1) is 0 Å². The maximum atomic E-state index is 12.3. The Morgan fingerprint density at radius 1 is 1.19 bits per heavy atom. The first-order chi connectivity index (χ1) is 12.9. The molecule has 8 nitrogen and oxygen atoms in total. The quantitative estimate of drug-likeness (QED) is 0.333. The summed E-state index contributed by atoms with van der Waals surface area (Å²) in [6.07, 6.45) is 4.02. The predicted molar refractivity (Wildman–Crippen MR) is 106 cm³/mol. The summed E-state index contributed by atoms with van der Waals surface area (Å²) in [7, 11) is 1.65. The summed E-state index contributed by atoms with van der Waals surface area (Å²) >= 11 is 0. The Kier molecular flexibility index (Phi) is 7.83. The molecule has 1 aromatic heterocycles. The van der Waals surface area contributed by atoms with Gasteiger partial charge in [-0.05, 0) is 29.3 Å². The summed E-state index contributed by atoms with van der Waals surface area (Å²) in [4.78, 5) is 4.42. The molecule has 0 saturated heterocycles. The highest BCUT2D eigenvalue weighted by molar-refractivity contribution is 7.89. The number of aliphatic imine (C=N–C) groups is 1. The lowest BCUT2D eigenvalue weighted by atomic mass is 10.2. The molecule has 0 aliphatic heterocycles. The third-order valence-electron chi connectivity index (χ3n) is 3.84. The normalized spacial score (nSPS) is 12.2. The smallest absolute Gasteiger partial charge is 0.240 e. The minimum atomic E-state index is -3.55. The van der Waals surface area contributed by atoms with E-state index in [9.17, 15) is 8.42 Å². The molecule has 1 aromatic carbocycles. The van der Waals surface area contributed by atoms with Gasteiger partial charge in [0.05, 0.1) is 11.5 Å². The third kappa shape index (κ3) is 6.70. The van der Waals surface area contributed by atoms with Crippen LogP contribution in [0.1, 0.15) is 11.1 Å². The molecule has 0 fully saturated rings. The molecule has 0 aliphatic carbocycles. The predicted octanol–water partition coefficient (Wildman–Crippen LogP) is 0.815. The summed E-state index contributed by atoms with van der Waals surface area (Å²) in [5, 5.41) is 6.42. The number of methoxy groups -OCH3 is 1. The van der Waals surface area contributed by atoms with Crippen LogP contribution in [0.15, 0.2) is 52.6 Å². The Morgan fingerprint density at radius 3 is 2.56 bits per heavy atom. The molecule has 0 bridgehead atoms. The van der Waals surface area contributed by atoms with Crippen molar-refractivity contribution in [2.24, 2.45) is 12.0 Å². The lowest BCUT2D eigenvalue weighted by molar-refractivity contribution is 0.204. The number of benzene rings is 1. The van der Waals surface area contributed by atoms with Crippen LogP contribution in [-0.2, 0) is 34.9 Å². The van der Waals surface area contributed by atoms with E-state index in [1.165, 1.54) is 7.11 Å². The number of hydrogen-bond acceptors (Lipinski definition) is 4. The highest BCUT2D eigenvalue weighted by atomic mass is 32.2. The van der Waals surface area contributed by atoms with Gasteiger partial charge in [-0.1, -0.05) is 12.1 Å². The Balaban J connectivity index is 1.92. The van der Waals surface area contributed by atoms with E-state index in [0.717, 1.165) is 11.1 Å². The van der Waals surface area contributed by atoms with Gasteiger partial charge in [0, 0.05) is 53.2 Å². The second kappa shape index (κ2) is 10.1. The molecule has 0 aliphatic rings. The summed E-state index contributed by atoms with van der Waals surface area (Å²) in [6.45, 7) is 1.66. The number of aryl methyl sites for hydroxylation is 1. The van der Waals surface area contributed by atoms with Crippen molar-refractivity contribution < 1.29 is 13.2 Å². The van der Waals surface area contributed by atoms with Crippen molar-refractivity contribution in [3.05, 3.63) is 53.9 Å². The number of guanidine groups is 1. The van der Waals surface area contributed by atoms with E-state index >= 15 is 0 Å². The molecule has 2 aromatic rings. The van der Waals surface area contributed by atoms with E-state index in [0.29, 0.717) is 25.7 Å². The van der Waals surface area contributed by atoms with Crippen molar-refractivity contribution in [3.8, 4) is 0 Å². The van der Waals surface area contributed by atoms with Crippen LogP contribution >= 0.6 is 0 Å². The fraction of sp³-hybridized carbons (Fsp3) is 0.389. The number of hydrogen-bond donors (Lipinski definition) is 3. The summed E-state index contributed by atoms with van der Waals surface area (Å²) < 4.78 is 33.9.